The summed E-state index contributed by atoms with van der Waals surface area (Å²) >= 11 is 3.34. The van der Waals surface area contributed by atoms with E-state index in [0.717, 1.165) is 4.47 Å². The van der Waals surface area contributed by atoms with Crippen molar-refractivity contribution < 1.29 is 4.79 Å². The normalized spacial score (nSPS) is 10.7. The van der Waals surface area contributed by atoms with E-state index in [1.165, 1.54) is 4.57 Å². The van der Waals surface area contributed by atoms with Gasteiger partial charge in [0.25, 0.3) is 5.56 Å². The standard InChI is InChI=1S/C17H14BrN3O2/c1-11-19-15-5-3-2-4-14(15)17(23)21(11)10-16(22)20-13-8-6-12(18)7-9-13/h2-9H,10H2,1H3,(H,20,22). The van der Waals surface area contributed by atoms with Gasteiger partial charge in [0.05, 0.1) is 10.9 Å². The van der Waals surface area contributed by atoms with Crippen LogP contribution in [0.1, 0.15) is 5.82 Å². The Morgan fingerprint density at radius 1 is 1.17 bits per heavy atom. The molecule has 0 saturated heterocycles. The van der Waals surface area contributed by atoms with Gasteiger partial charge in [-0.05, 0) is 43.3 Å². The lowest BCUT2D eigenvalue weighted by molar-refractivity contribution is -0.116. The van der Waals surface area contributed by atoms with Crippen LogP contribution in [0.4, 0.5) is 5.69 Å². The largest absolute Gasteiger partial charge is 0.325 e. The number of benzene rings is 2. The Labute approximate surface area is 141 Å². The highest BCUT2D eigenvalue weighted by Crippen LogP contribution is 2.14. The molecular formula is C17H14BrN3O2. The van der Waals surface area contributed by atoms with Crippen LogP contribution < -0.4 is 10.9 Å². The summed E-state index contributed by atoms with van der Waals surface area (Å²) in [5.41, 5.74) is 1.11. The monoisotopic (exact) mass is 371 g/mol. The van der Waals surface area contributed by atoms with Gasteiger partial charge in [0, 0.05) is 10.2 Å². The molecule has 3 aromatic rings. The molecule has 1 aromatic heterocycles. The van der Waals surface area contributed by atoms with Gasteiger partial charge < -0.3 is 5.32 Å². The van der Waals surface area contributed by atoms with Crippen molar-refractivity contribution in [2.24, 2.45) is 0 Å². The van der Waals surface area contributed by atoms with E-state index in [1.54, 1.807) is 37.3 Å². The number of nitrogens with zero attached hydrogens (tertiary/aromatic N) is 2. The van der Waals surface area contributed by atoms with E-state index in [4.69, 9.17) is 0 Å². The van der Waals surface area contributed by atoms with Crippen molar-refractivity contribution in [1.29, 1.82) is 0 Å². The van der Waals surface area contributed by atoms with Crippen LogP contribution in [0.5, 0.6) is 0 Å². The van der Waals surface area contributed by atoms with Gasteiger partial charge in [-0.1, -0.05) is 28.1 Å². The highest BCUT2D eigenvalue weighted by atomic mass is 79.9. The molecule has 1 N–H and O–H groups in total. The lowest BCUT2D eigenvalue weighted by atomic mass is 10.2. The van der Waals surface area contributed by atoms with E-state index >= 15 is 0 Å². The number of halogens is 1. The molecule has 0 aliphatic heterocycles. The third-order valence-electron chi connectivity index (χ3n) is 3.48. The highest BCUT2D eigenvalue weighted by molar-refractivity contribution is 9.10. The van der Waals surface area contributed by atoms with Gasteiger partial charge in [0.2, 0.25) is 5.91 Å². The van der Waals surface area contributed by atoms with Gasteiger partial charge in [-0.25, -0.2) is 4.98 Å². The lowest BCUT2D eigenvalue weighted by Crippen LogP contribution is -2.30. The molecule has 3 rings (SSSR count). The van der Waals surface area contributed by atoms with Gasteiger partial charge >= 0.3 is 0 Å². The van der Waals surface area contributed by atoms with Crippen LogP contribution >= 0.6 is 15.9 Å². The maximum Gasteiger partial charge on any atom is 0.261 e. The first-order valence-corrected chi connectivity index (χ1v) is 7.85. The van der Waals surface area contributed by atoms with Gasteiger partial charge in [0.1, 0.15) is 12.4 Å². The van der Waals surface area contributed by atoms with Crippen LogP contribution in [0.3, 0.4) is 0 Å². The van der Waals surface area contributed by atoms with E-state index in [9.17, 15) is 9.59 Å². The fourth-order valence-corrected chi connectivity index (χ4v) is 2.61. The van der Waals surface area contributed by atoms with Crippen LogP contribution in [-0.4, -0.2) is 15.5 Å². The fraction of sp³-hybridized carbons (Fsp3) is 0.118. The predicted molar refractivity (Wildman–Crippen MR) is 93.5 cm³/mol. The molecule has 116 valence electrons. The minimum absolute atomic E-state index is 0.0709. The number of carbonyl (C=O) groups is 1. The average molecular weight is 372 g/mol. The molecule has 6 heteroatoms. The molecule has 2 aromatic carbocycles. The minimum atomic E-state index is -0.269. The molecule has 0 fully saturated rings. The van der Waals surface area contributed by atoms with Crippen molar-refractivity contribution in [2.75, 3.05) is 5.32 Å². The van der Waals surface area contributed by atoms with Crippen LogP contribution in [0.25, 0.3) is 10.9 Å². The van der Waals surface area contributed by atoms with Crippen molar-refractivity contribution in [3.05, 3.63) is 69.2 Å². The van der Waals surface area contributed by atoms with E-state index in [-0.39, 0.29) is 18.0 Å². The van der Waals surface area contributed by atoms with Crippen LogP contribution in [0.15, 0.2) is 57.8 Å². The van der Waals surface area contributed by atoms with Crippen molar-refractivity contribution in [2.45, 2.75) is 13.5 Å². The van der Waals surface area contributed by atoms with E-state index < -0.39 is 0 Å². The smallest absolute Gasteiger partial charge is 0.261 e. The Balaban J connectivity index is 1.87. The highest BCUT2D eigenvalue weighted by Gasteiger charge is 2.11. The van der Waals surface area contributed by atoms with E-state index in [1.807, 2.05) is 18.2 Å². The Morgan fingerprint density at radius 2 is 1.87 bits per heavy atom. The predicted octanol–water partition coefficient (Wildman–Crippen LogP) is 3.11. The minimum Gasteiger partial charge on any atom is -0.325 e. The SMILES string of the molecule is Cc1nc2ccccc2c(=O)n1CC(=O)Nc1ccc(Br)cc1. The Bertz CT molecular complexity index is 933. The number of fused-ring (bicyclic) bond motifs is 1. The number of anilines is 1. The number of aryl methyl sites for hydroxylation is 1. The zero-order valence-electron chi connectivity index (χ0n) is 12.4. The molecule has 0 saturated carbocycles. The maximum absolute atomic E-state index is 12.5. The summed E-state index contributed by atoms with van der Waals surface area (Å²) in [5, 5.41) is 3.28. The summed E-state index contributed by atoms with van der Waals surface area (Å²) in [5.74, 6) is 0.245. The second-order valence-electron chi connectivity index (χ2n) is 5.12. The number of hydrogen-bond donors (Lipinski definition) is 1. The molecule has 0 aliphatic carbocycles. The second-order valence-corrected chi connectivity index (χ2v) is 6.04. The van der Waals surface area contributed by atoms with Crippen molar-refractivity contribution in [3.8, 4) is 0 Å². The zero-order valence-corrected chi connectivity index (χ0v) is 14.0. The summed E-state index contributed by atoms with van der Waals surface area (Å²) < 4.78 is 2.32. The molecule has 0 radical (unpaired) electrons. The molecule has 0 unspecified atom stereocenters. The number of nitrogens with one attached hydrogen (secondary N) is 1. The summed E-state index contributed by atoms with van der Waals surface area (Å²) in [4.78, 5) is 29.1. The number of hydrogen-bond acceptors (Lipinski definition) is 3. The zero-order chi connectivity index (χ0) is 16.4. The Morgan fingerprint density at radius 3 is 2.61 bits per heavy atom. The number of carbonyl (C=O) groups excluding carboxylic acids is 1. The maximum atomic E-state index is 12.5. The summed E-state index contributed by atoms with van der Waals surface area (Å²) in [6.45, 7) is 1.65. The average Bonchev–Trinajstić information content (AvgIpc) is 2.54. The van der Waals surface area contributed by atoms with Crippen LogP contribution in [0.2, 0.25) is 0 Å². The lowest BCUT2D eigenvalue weighted by Gasteiger charge is -2.11. The Hall–Kier alpha value is -2.47. The van der Waals surface area contributed by atoms with Gasteiger partial charge in [-0.15, -0.1) is 0 Å². The first kappa shape index (κ1) is 15.4. The first-order valence-electron chi connectivity index (χ1n) is 7.06. The molecule has 5 nitrogen and oxygen atoms in total. The molecule has 0 aliphatic rings. The number of aromatic nitrogens is 2. The molecule has 1 amide bonds. The topological polar surface area (TPSA) is 64.0 Å². The molecule has 0 bridgehead atoms. The summed E-state index contributed by atoms with van der Waals surface area (Å²) in [6, 6.07) is 14.4. The second kappa shape index (κ2) is 6.34. The summed E-state index contributed by atoms with van der Waals surface area (Å²) in [6.07, 6.45) is 0. The summed E-state index contributed by atoms with van der Waals surface area (Å²) in [7, 11) is 0. The molecule has 23 heavy (non-hydrogen) atoms. The number of para-hydroxylation sites is 1. The molecular weight excluding hydrogens is 358 g/mol. The van der Waals surface area contributed by atoms with Gasteiger partial charge in [-0.3, -0.25) is 14.2 Å². The molecule has 0 spiro atoms. The third-order valence-corrected chi connectivity index (χ3v) is 4.01. The molecule has 0 atom stereocenters. The first-order chi connectivity index (χ1) is 11.0. The van der Waals surface area contributed by atoms with Gasteiger partial charge in [0.15, 0.2) is 0 Å². The quantitative estimate of drug-likeness (QED) is 0.769. The number of rotatable bonds is 3. The van der Waals surface area contributed by atoms with Crippen molar-refractivity contribution in [3.63, 3.8) is 0 Å². The molecule has 1 heterocycles. The third kappa shape index (κ3) is 3.32. The van der Waals surface area contributed by atoms with E-state index in [2.05, 4.69) is 26.2 Å². The van der Waals surface area contributed by atoms with Crippen LogP contribution in [-0.2, 0) is 11.3 Å². The van der Waals surface area contributed by atoms with E-state index in [0.29, 0.717) is 22.4 Å². The fourth-order valence-electron chi connectivity index (χ4n) is 2.34. The van der Waals surface area contributed by atoms with Crippen LogP contribution in [0, 0.1) is 6.92 Å². The van der Waals surface area contributed by atoms with Gasteiger partial charge in [-0.2, -0.15) is 0 Å². The Kier molecular flexibility index (Phi) is 4.25. The van der Waals surface area contributed by atoms with Crippen molar-refractivity contribution >= 4 is 38.4 Å². The number of amides is 1. The van der Waals surface area contributed by atoms with Crippen molar-refractivity contribution in [1.82, 2.24) is 9.55 Å².